The summed E-state index contributed by atoms with van der Waals surface area (Å²) in [4.78, 5) is 0. The fourth-order valence-corrected chi connectivity index (χ4v) is 4.76. The summed E-state index contributed by atoms with van der Waals surface area (Å²) < 4.78 is 25.2. The summed E-state index contributed by atoms with van der Waals surface area (Å²) in [7, 11) is -2.93. The molecule has 7 heteroatoms. The van der Waals surface area contributed by atoms with Crippen LogP contribution in [0.15, 0.2) is 29.4 Å². The van der Waals surface area contributed by atoms with Crippen molar-refractivity contribution in [3.8, 4) is 0 Å². The summed E-state index contributed by atoms with van der Waals surface area (Å²) in [5.41, 5.74) is 7.84. The molecule has 24 heavy (non-hydrogen) atoms. The van der Waals surface area contributed by atoms with Gasteiger partial charge in [-0.25, -0.2) is 8.42 Å². The zero-order chi connectivity index (χ0) is 17.3. The average molecular weight is 346 g/mol. The van der Waals surface area contributed by atoms with Crippen LogP contribution in [0.3, 0.4) is 0 Å². The number of benzene rings is 1. The average Bonchev–Trinajstić information content (AvgIpc) is 3.00. The number of nitrogens with zero attached hydrogens (tertiary/aromatic N) is 3. The smallest absolute Gasteiger partial charge is 0.152 e. The molecule has 1 aromatic carbocycles. The fourth-order valence-electron chi connectivity index (χ4n) is 3.07. The summed E-state index contributed by atoms with van der Waals surface area (Å²) in [6.07, 6.45) is 2.38. The van der Waals surface area contributed by atoms with Crippen LogP contribution in [-0.2, 0) is 9.84 Å². The fraction of sp³-hybridized carbons (Fsp3) is 0.412. The predicted molar refractivity (Wildman–Crippen MR) is 96.4 cm³/mol. The van der Waals surface area contributed by atoms with Crippen LogP contribution >= 0.6 is 0 Å². The summed E-state index contributed by atoms with van der Waals surface area (Å²) in [6.45, 7) is 5.91. The minimum Gasteiger partial charge on any atom is -0.278 e. The minimum absolute atomic E-state index is 0.0689. The zero-order valence-electron chi connectivity index (χ0n) is 14.2. The predicted octanol–water partition coefficient (Wildman–Crippen LogP) is 2.61. The van der Waals surface area contributed by atoms with Crippen molar-refractivity contribution in [2.45, 2.75) is 33.2 Å². The van der Waals surface area contributed by atoms with Crippen LogP contribution in [0.5, 0.6) is 0 Å². The third kappa shape index (κ3) is 3.51. The van der Waals surface area contributed by atoms with Crippen LogP contribution in [0.25, 0.3) is 0 Å². The third-order valence-corrected chi connectivity index (χ3v) is 6.09. The van der Waals surface area contributed by atoms with E-state index in [2.05, 4.69) is 15.6 Å². The highest BCUT2D eigenvalue weighted by molar-refractivity contribution is 7.91. The van der Waals surface area contributed by atoms with Gasteiger partial charge in [0.15, 0.2) is 9.84 Å². The second-order valence-electron chi connectivity index (χ2n) is 6.33. The van der Waals surface area contributed by atoms with Crippen LogP contribution in [0.4, 0.5) is 5.69 Å². The maximum absolute atomic E-state index is 11.7. The van der Waals surface area contributed by atoms with Crippen molar-refractivity contribution < 1.29 is 8.42 Å². The molecule has 1 aliphatic heterocycles. The van der Waals surface area contributed by atoms with Crippen LogP contribution in [-0.4, -0.2) is 35.9 Å². The Balaban J connectivity index is 1.78. The molecule has 6 nitrogen and oxygen atoms in total. The SMILES string of the molecule is Cc1cccc(N/N=C\c2c(C)nn([C@H]3CCS(=O)(=O)C3)c2C)c1. The van der Waals surface area contributed by atoms with E-state index in [1.165, 1.54) is 0 Å². The van der Waals surface area contributed by atoms with Gasteiger partial charge in [-0.3, -0.25) is 10.1 Å². The molecule has 0 saturated carbocycles. The second-order valence-corrected chi connectivity index (χ2v) is 8.55. The van der Waals surface area contributed by atoms with Gasteiger partial charge in [0, 0.05) is 11.3 Å². The molecule has 1 aliphatic rings. The standard InChI is InChI=1S/C17H22N4O2S/c1-12-5-4-6-15(9-12)19-18-10-17-13(2)20-21(14(17)3)16-7-8-24(22,23)11-16/h4-6,9-10,16,19H,7-8,11H2,1-3H3/b18-10-/t16-/m0/s1. The summed E-state index contributed by atoms with van der Waals surface area (Å²) in [6, 6.07) is 7.91. The number of aryl methyl sites for hydroxylation is 2. The number of hydrogen-bond donors (Lipinski definition) is 1. The van der Waals surface area contributed by atoms with Gasteiger partial charge in [0.1, 0.15) is 0 Å². The first-order valence-electron chi connectivity index (χ1n) is 7.97. The quantitative estimate of drug-likeness (QED) is 0.682. The molecule has 0 amide bonds. The molecule has 2 aromatic rings. The molecule has 1 N–H and O–H groups in total. The van der Waals surface area contributed by atoms with Crippen LogP contribution in [0.2, 0.25) is 0 Å². The molecular weight excluding hydrogens is 324 g/mol. The Hall–Kier alpha value is -2.15. The third-order valence-electron chi connectivity index (χ3n) is 4.34. The van der Waals surface area contributed by atoms with Crippen molar-refractivity contribution in [1.82, 2.24) is 9.78 Å². The summed E-state index contributed by atoms with van der Waals surface area (Å²) >= 11 is 0. The van der Waals surface area contributed by atoms with Gasteiger partial charge >= 0.3 is 0 Å². The van der Waals surface area contributed by atoms with Crippen LogP contribution in [0, 0.1) is 20.8 Å². The lowest BCUT2D eigenvalue weighted by molar-refractivity contribution is 0.486. The van der Waals surface area contributed by atoms with Crippen molar-refractivity contribution in [2.24, 2.45) is 5.10 Å². The van der Waals surface area contributed by atoms with E-state index in [0.717, 1.165) is 28.2 Å². The van der Waals surface area contributed by atoms with Gasteiger partial charge < -0.3 is 0 Å². The topological polar surface area (TPSA) is 76.3 Å². The van der Waals surface area contributed by atoms with Gasteiger partial charge in [0.25, 0.3) is 0 Å². The van der Waals surface area contributed by atoms with Gasteiger partial charge in [-0.1, -0.05) is 12.1 Å². The molecule has 0 spiro atoms. The molecule has 0 radical (unpaired) electrons. The Bertz CT molecular complexity index is 884. The van der Waals surface area contributed by atoms with E-state index < -0.39 is 9.84 Å². The number of aromatic nitrogens is 2. The first-order valence-corrected chi connectivity index (χ1v) is 9.80. The van der Waals surface area contributed by atoms with Crippen molar-refractivity contribution >= 4 is 21.7 Å². The van der Waals surface area contributed by atoms with E-state index in [-0.39, 0.29) is 17.5 Å². The van der Waals surface area contributed by atoms with Crippen LogP contribution < -0.4 is 5.43 Å². The summed E-state index contributed by atoms with van der Waals surface area (Å²) in [5.74, 6) is 0.418. The Morgan fingerprint density at radius 3 is 2.79 bits per heavy atom. The molecule has 0 aliphatic carbocycles. The molecular formula is C17H22N4O2S. The molecule has 1 fully saturated rings. The molecule has 0 bridgehead atoms. The molecule has 1 aromatic heterocycles. The Morgan fingerprint density at radius 2 is 2.12 bits per heavy atom. The van der Waals surface area contributed by atoms with Gasteiger partial charge in [-0.2, -0.15) is 10.2 Å². The Morgan fingerprint density at radius 1 is 1.33 bits per heavy atom. The van der Waals surface area contributed by atoms with E-state index in [1.54, 1.807) is 6.21 Å². The lowest BCUT2D eigenvalue weighted by Crippen LogP contribution is -2.14. The van der Waals surface area contributed by atoms with Crippen molar-refractivity contribution in [3.63, 3.8) is 0 Å². The number of anilines is 1. The molecule has 3 rings (SSSR count). The number of hydrazone groups is 1. The Labute approximate surface area is 142 Å². The second kappa shape index (κ2) is 6.39. The molecule has 128 valence electrons. The van der Waals surface area contributed by atoms with Crippen LogP contribution in [0.1, 0.15) is 35.0 Å². The molecule has 1 saturated heterocycles. The lowest BCUT2D eigenvalue weighted by Gasteiger charge is -2.10. The van der Waals surface area contributed by atoms with Gasteiger partial charge in [0.05, 0.1) is 35.1 Å². The molecule has 2 heterocycles. The maximum atomic E-state index is 11.7. The van der Waals surface area contributed by atoms with Gasteiger partial charge in [0.2, 0.25) is 0 Å². The Kier molecular flexibility index (Phi) is 4.45. The van der Waals surface area contributed by atoms with E-state index in [0.29, 0.717) is 6.42 Å². The largest absolute Gasteiger partial charge is 0.278 e. The van der Waals surface area contributed by atoms with Crippen molar-refractivity contribution in [1.29, 1.82) is 0 Å². The normalized spacial score (nSPS) is 19.9. The maximum Gasteiger partial charge on any atom is 0.152 e. The van der Waals surface area contributed by atoms with E-state index in [4.69, 9.17) is 0 Å². The number of hydrogen-bond acceptors (Lipinski definition) is 5. The monoisotopic (exact) mass is 346 g/mol. The van der Waals surface area contributed by atoms with Crippen molar-refractivity contribution in [3.05, 3.63) is 46.8 Å². The lowest BCUT2D eigenvalue weighted by atomic mass is 10.2. The molecule has 0 unspecified atom stereocenters. The van der Waals surface area contributed by atoms with Gasteiger partial charge in [-0.05, 0) is 44.9 Å². The van der Waals surface area contributed by atoms with E-state index in [1.807, 2.05) is 49.7 Å². The molecule has 1 atom stereocenters. The minimum atomic E-state index is -2.93. The van der Waals surface area contributed by atoms with E-state index in [9.17, 15) is 8.42 Å². The van der Waals surface area contributed by atoms with Crippen molar-refractivity contribution in [2.75, 3.05) is 16.9 Å². The highest BCUT2D eigenvalue weighted by atomic mass is 32.2. The summed E-state index contributed by atoms with van der Waals surface area (Å²) in [5, 5.41) is 8.83. The van der Waals surface area contributed by atoms with E-state index >= 15 is 0 Å². The highest BCUT2D eigenvalue weighted by Crippen LogP contribution is 2.26. The number of nitrogens with one attached hydrogen (secondary N) is 1. The van der Waals surface area contributed by atoms with Gasteiger partial charge in [-0.15, -0.1) is 0 Å². The first-order chi connectivity index (χ1) is 11.4. The number of sulfone groups is 1. The zero-order valence-corrected chi connectivity index (χ0v) is 15.0. The highest BCUT2D eigenvalue weighted by Gasteiger charge is 2.31. The first kappa shape index (κ1) is 16.7. The number of rotatable bonds is 4.